The van der Waals surface area contributed by atoms with Crippen LogP contribution in [-0.2, 0) is 4.74 Å². The average Bonchev–Trinajstić information content (AvgIpc) is 2.30. The van der Waals surface area contributed by atoms with E-state index < -0.39 is 11.6 Å². The molecule has 2 nitrogen and oxygen atoms in total. The Balaban J connectivity index is 3.01. The molecular formula is C13H18BrF2NO. The first kappa shape index (κ1) is 15.5. The molecule has 2 atom stereocenters. The Morgan fingerprint density at radius 1 is 1.33 bits per heavy atom. The first-order valence-electron chi connectivity index (χ1n) is 5.81. The van der Waals surface area contributed by atoms with Crippen molar-refractivity contribution in [2.24, 2.45) is 5.92 Å². The highest BCUT2D eigenvalue weighted by molar-refractivity contribution is 9.10. The van der Waals surface area contributed by atoms with Crippen LogP contribution < -0.4 is 5.32 Å². The number of nitrogens with one attached hydrogen (secondary N) is 1. The lowest BCUT2D eigenvalue weighted by Gasteiger charge is -2.24. The van der Waals surface area contributed by atoms with Gasteiger partial charge in [-0.05, 0) is 31.5 Å². The molecule has 102 valence electrons. The van der Waals surface area contributed by atoms with Crippen molar-refractivity contribution in [3.05, 3.63) is 33.8 Å². The van der Waals surface area contributed by atoms with Crippen LogP contribution in [0.4, 0.5) is 8.78 Å². The van der Waals surface area contributed by atoms with E-state index in [-0.39, 0.29) is 17.5 Å². The van der Waals surface area contributed by atoms with Crippen LogP contribution >= 0.6 is 15.9 Å². The zero-order valence-electron chi connectivity index (χ0n) is 10.8. The smallest absolute Gasteiger partial charge is 0.132 e. The maximum Gasteiger partial charge on any atom is 0.132 e. The van der Waals surface area contributed by atoms with Crippen molar-refractivity contribution in [3.8, 4) is 0 Å². The fourth-order valence-corrected chi connectivity index (χ4v) is 2.44. The van der Waals surface area contributed by atoms with Gasteiger partial charge in [0.1, 0.15) is 11.6 Å². The highest BCUT2D eigenvalue weighted by Crippen LogP contribution is 2.30. The molecule has 1 rings (SSSR count). The molecule has 0 bridgehead atoms. The first-order chi connectivity index (χ1) is 8.51. The molecule has 1 aromatic rings. The lowest BCUT2D eigenvalue weighted by atomic mass is 9.91. The Labute approximate surface area is 115 Å². The molecule has 0 radical (unpaired) electrons. The standard InChI is InChI=1S/C13H18BrF2NO/c1-8(4-5-18-3)13(17-2)12-10(15)6-9(14)7-11(12)16/h6-8,13,17H,4-5H2,1-3H3. The van der Waals surface area contributed by atoms with Crippen molar-refractivity contribution in [2.45, 2.75) is 19.4 Å². The summed E-state index contributed by atoms with van der Waals surface area (Å²) in [4.78, 5) is 0. The minimum atomic E-state index is -0.537. The van der Waals surface area contributed by atoms with Crippen molar-refractivity contribution >= 4 is 15.9 Å². The molecule has 0 aliphatic rings. The third kappa shape index (κ3) is 3.73. The lowest BCUT2D eigenvalue weighted by Crippen LogP contribution is -2.26. The topological polar surface area (TPSA) is 21.3 Å². The predicted octanol–water partition coefficient (Wildman–Crippen LogP) is 3.66. The van der Waals surface area contributed by atoms with Crippen molar-refractivity contribution in [1.29, 1.82) is 0 Å². The van der Waals surface area contributed by atoms with E-state index in [1.165, 1.54) is 12.1 Å². The first-order valence-corrected chi connectivity index (χ1v) is 6.61. The van der Waals surface area contributed by atoms with E-state index in [0.29, 0.717) is 11.1 Å². The van der Waals surface area contributed by atoms with Crippen molar-refractivity contribution in [1.82, 2.24) is 5.32 Å². The SMILES string of the molecule is CNC(c1c(F)cc(Br)cc1F)C(C)CCOC. The zero-order chi connectivity index (χ0) is 13.7. The summed E-state index contributed by atoms with van der Waals surface area (Å²) in [5.41, 5.74) is 0.0873. The van der Waals surface area contributed by atoms with Crippen molar-refractivity contribution in [3.63, 3.8) is 0 Å². The van der Waals surface area contributed by atoms with Gasteiger partial charge in [-0.2, -0.15) is 0 Å². The molecule has 0 amide bonds. The number of hydrogen-bond acceptors (Lipinski definition) is 2. The highest BCUT2D eigenvalue weighted by atomic mass is 79.9. The molecule has 0 spiro atoms. The van der Waals surface area contributed by atoms with Crippen LogP contribution in [-0.4, -0.2) is 20.8 Å². The van der Waals surface area contributed by atoms with Crippen LogP contribution in [0.25, 0.3) is 0 Å². The summed E-state index contributed by atoms with van der Waals surface area (Å²) in [6.45, 7) is 2.51. The number of halogens is 3. The maximum absolute atomic E-state index is 13.9. The van der Waals surface area contributed by atoms with Crippen LogP contribution in [0.5, 0.6) is 0 Å². The predicted molar refractivity (Wildman–Crippen MR) is 71.5 cm³/mol. The fraction of sp³-hybridized carbons (Fsp3) is 0.538. The Hall–Kier alpha value is -0.520. The highest BCUT2D eigenvalue weighted by Gasteiger charge is 2.24. The molecule has 0 aromatic heterocycles. The van der Waals surface area contributed by atoms with E-state index in [0.717, 1.165) is 6.42 Å². The van der Waals surface area contributed by atoms with Gasteiger partial charge in [0.2, 0.25) is 0 Å². The number of hydrogen-bond donors (Lipinski definition) is 1. The molecule has 18 heavy (non-hydrogen) atoms. The summed E-state index contributed by atoms with van der Waals surface area (Å²) in [6.07, 6.45) is 0.733. The van der Waals surface area contributed by atoms with Gasteiger partial charge in [0.25, 0.3) is 0 Å². The summed E-state index contributed by atoms with van der Waals surface area (Å²) in [7, 11) is 3.32. The minimum absolute atomic E-state index is 0.0696. The second kappa shape index (κ2) is 7.16. The normalized spacial score (nSPS) is 14.6. The van der Waals surface area contributed by atoms with E-state index in [1.54, 1.807) is 14.2 Å². The van der Waals surface area contributed by atoms with E-state index in [2.05, 4.69) is 21.2 Å². The summed E-state index contributed by atoms with van der Waals surface area (Å²) < 4.78 is 33.2. The number of benzene rings is 1. The largest absolute Gasteiger partial charge is 0.385 e. The number of ether oxygens (including phenoxy) is 1. The molecule has 0 saturated heterocycles. The van der Waals surface area contributed by atoms with Crippen LogP contribution in [0.2, 0.25) is 0 Å². The molecular weight excluding hydrogens is 304 g/mol. The van der Waals surface area contributed by atoms with Gasteiger partial charge in [0, 0.05) is 29.8 Å². The molecule has 0 heterocycles. The molecule has 1 N–H and O–H groups in total. The Morgan fingerprint density at radius 3 is 2.33 bits per heavy atom. The Bertz CT molecular complexity index is 378. The Morgan fingerprint density at radius 2 is 1.89 bits per heavy atom. The summed E-state index contributed by atoms with van der Waals surface area (Å²) in [5, 5.41) is 2.98. The van der Waals surface area contributed by atoms with Crippen molar-refractivity contribution < 1.29 is 13.5 Å². The van der Waals surface area contributed by atoms with Gasteiger partial charge >= 0.3 is 0 Å². The second-order valence-corrected chi connectivity index (χ2v) is 5.22. The summed E-state index contributed by atoms with van der Waals surface area (Å²) in [5.74, 6) is -1.00. The summed E-state index contributed by atoms with van der Waals surface area (Å²) >= 11 is 3.08. The molecule has 5 heteroatoms. The van der Waals surface area contributed by atoms with Gasteiger partial charge in [0.15, 0.2) is 0 Å². The molecule has 0 aliphatic heterocycles. The molecule has 0 fully saturated rings. The van der Waals surface area contributed by atoms with Gasteiger partial charge < -0.3 is 10.1 Å². The fourth-order valence-electron chi connectivity index (χ4n) is 2.03. The average molecular weight is 322 g/mol. The number of rotatable bonds is 6. The van der Waals surface area contributed by atoms with Crippen LogP contribution in [0.15, 0.2) is 16.6 Å². The molecule has 1 aromatic carbocycles. The van der Waals surface area contributed by atoms with Crippen molar-refractivity contribution in [2.75, 3.05) is 20.8 Å². The van der Waals surface area contributed by atoms with Crippen LogP contribution in [0.3, 0.4) is 0 Å². The monoisotopic (exact) mass is 321 g/mol. The molecule has 0 saturated carbocycles. The third-order valence-corrected chi connectivity index (χ3v) is 3.47. The van der Waals surface area contributed by atoms with Gasteiger partial charge in [-0.15, -0.1) is 0 Å². The lowest BCUT2D eigenvalue weighted by molar-refractivity contribution is 0.170. The number of methoxy groups -OCH3 is 1. The molecule has 2 unspecified atom stereocenters. The second-order valence-electron chi connectivity index (χ2n) is 4.31. The van der Waals surface area contributed by atoms with Crippen LogP contribution in [0, 0.1) is 17.6 Å². The third-order valence-electron chi connectivity index (χ3n) is 3.01. The van der Waals surface area contributed by atoms with Crippen LogP contribution in [0.1, 0.15) is 24.9 Å². The van der Waals surface area contributed by atoms with E-state index in [1.807, 2.05) is 6.92 Å². The van der Waals surface area contributed by atoms with E-state index in [9.17, 15) is 8.78 Å². The zero-order valence-corrected chi connectivity index (χ0v) is 12.4. The van der Waals surface area contributed by atoms with Gasteiger partial charge in [-0.25, -0.2) is 8.78 Å². The van der Waals surface area contributed by atoms with Gasteiger partial charge in [-0.1, -0.05) is 22.9 Å². The van der Waals surface area contributed by atoms with Gasteiger partial charge in [-0.3, -0.25) is 0 Å². The quantitative estimate of drug-likeness (QED) is 0.863. The van der Waals surface area contributed by atoms with E-state index in [4.69, 9.17) is 4.74 Å². The molecule has 0 aliphatic carbocycles. The Kier molecular flexibility index (Phi) is 6.18. The maximum atomic E-state index is 13.9. The minimum Gasteiger partial charge on any atom is -0.385 e. The summed E-state index contributed by atoms with van der Waals surface area (Å²) in [6, 6.07) is 2.20. The van der Waals surface area contributed by atoms with Gasteiger partial charge in [0.05, 0.1) is 0 Å². The van der Waals surface area contributed by atoms with E-state index >= 15 is 0 Å².